The third-order valence-corrected chi connectivity index (χ3v) is 4.22. The summed E-state index contributed by atoms with van der Waals surface area (Å²) in [6.45, 7) is 3.01. The Labute approximate surface area is 149 Å². The number of nitrogens with two attached hydrogens (primary N) is 1. The van der Waals surface area contributed by atoms with Gasteiger partial charge in [-0.3, -0.25) is 0 Å². The Balaban J connectivity index is 1.93. The minimum Gasteiger partial charge on any atom is -0.496 e. The van der Waals surface area contributed by atoms with Crippen molar-refractivity contribution in [2.24, 2.45) is 5.73 Å². The van der Waals surface area contributed by atoms with Gasteiger partial charge < -0.3 is 15.2 Å². The second-order valence-corrected chi connectivity index (χ2v) is 5.96. The average Bonchev–Trinajstić information content (AvgIpc) is 2.67. The van der Waals surface area contributed by atoms with E-state index in [4.69, 9.17) is 15.2 Å². The van der Waals surface area contributed by atoms with E-state index in [9.17, 15) is 0 Å². The predicted octanol–water partition coefficient (Wildman–Crippen LogP) is 4.71. The molecule has 25 heavy (non-hydrogen) atoms. The van der Waals surface area contributed by atoms with Gasteiger partial charge in [0.1, 0.15) is 18.1 Å². The topological polar surface area (TPSA) is 44.5 Å². The second-order valence-electron chi connectivity index (χ2n) is 5.96. The maximum atomic E-state index is 6.08. The van der Waals surface area contributed by atoms with E-state index in [0.717, 1.165) is 39.3 Å². The van der Waals surface area contributed by atoms with Crippen molar-refractivity contribution in [3.8, 4) is 22.6 Å². The lowest BCUT2D eigenvalue weighted by molar-refractivity contribution is 0.301. The molecule has 3 nitrogen and oxygen atoms in total. The molecule has 3 aromatic carbocycles. The number of hydrogen-bond acceptors (Lipinski definition) is 3. The first-order valence-corrected chi connectivity index (χ1v) is 8.36. The highest BCUT2D eigenvalue weighted by molar-refractivity contribution is 5.73. The summed E-state index contributed by atoms with van der Waals surface area (Å²) in [5.41, 5.74) is 11.3. The molecule has 0 unspecified atom stereocenters. The molecule has 0 aliphatic heterocycles. The molecule has 3 heteroatoms. The van der Waals surface area contributed by atoms with Crippen LogP contribution in [0, 0.1) is 6.92 Å². The number of aryl methyl sites for hydroxylation is 1. The summed E-state index contributed by atoms with van der Waals surface area (Å²) in [5, 5.41) is 0. The zero-order valence-electron chi connectivity index (χ0n) is 14.7. The van der Waals surface area contributed by atoms with Crippen LogP contribution in [-0.2, 0) is 13.2 Å². The van der Waals surface area contributed by atoms with Crippen molar-refractivity contribution in [3.63, 3.8) is 0 Å². The van der Waals surface area contributed by atoms with Crippen molar-refractivity contribution in [1.29, 1.82) is 0 Å². The number of methoxy groups -OCH3 is 1. The van der Waals surface area contributed by atoms with E-state index in [1.807, 2.05) is 36.4 Å². The van der Waals surface area contributed by atoms with Crippen LogP contribution in [0.2, 0.25) is 0 Å². The van der Waals surface area contributed by atoms with Gasteiger partial charge in [-0.15, -0.1) is 0 Å². The van der Waals surface area contributed by atoms with Crippen LogP contribution in [-0.4, -0.2) is 7.11 Å². The molecule has 0 heterocycles. The maximum Gasteiger partial charge on any atom is 0.127 e. The zero-order chi connectivity index (χ0) is 17.6. The highest BCUT2D eigenvalue weighted by Gasteiger charge is 2.12. The lowest BCUT2D eigenvalue weighted by Gasteiger charge is -2.17. The lowest BCUT2D eigenvalue weighted by Crippen LogP contribution is -2.05. The van der Waals surface area contributed by atoms with Crippen LogP contribution in [0.25, 0.3) is 11.1 Å². The van der Waals surface area contributed by atoms with Crippen molar-refractivity contribution >= 4 is 0 Å². The lowest BCUT2D eigenvalue weighted by atomic mass is 9.98. The van der Waals surface area contributed by atoms with Gasteiger partial charge in [-0.2, -0.15) is 0 Å². The number of benzene rings is 3. The standard InChI is InChI=1S/C22H23NO2/c1-16-12-18(20-10-6-7-11-21(20)24-2)13-19(14-23)22(16)25-15-17-8-4-3-5-9-17/h3-13H,14-15,23H2,1-2H3. The van der Waals surface area contributed by atoms with E-state index in [1.165, 1.54) is 0 Å². The largest absolute Gasteiger partial charge is 0.496 e. The van der Waals surface area contributed by atoms with Gasteiger partial charge in [-0.1, -0.05) is 48.5 Å². The zero-order valence-corrected chi connectivity index (χ0v) is 14.7. The number of para-hydroxylation sites is 1. The van der Waals surface area contributed by atoms with Crippen LogP contribution in [0.3, 0.4) is 0 Å². The van der Waals surface area contributed by atoms with Gasteiger partial charge in [-0.05, 0) is 41.8 Å². The van der Waals surface area contributed by atoms with Gasteiger partial charge in [-0.25, -0.2) is 0 Å². The molecule has 0 amide bonds. The number of rotatable bonds is 6. The molecule has 3 aromatic rings. The van der Waals surface area contributed by atoms with Crippen molar-refractivity contribution in [2.45, 2.75) is 20.1 Å². The third-order valence-electron chi connectivity index (χ3n) is 4.22. The molecule has 0 aromatic heterocycles. The second kappa shape index (κ2) is 7.86. The summed E-state index contributed by atoms with van der Waals surface area (Å²) in [7, 11) is 1.69. The van der Waals surface area contributed by atoms with E-state index in [2.05, 4.69) is 37.3 Å². The van der Waals surface area contributed by atoms with Crippen LogP contribution in [0.5, 0.6) is 11.5 Å². The third kappa shape index (κ3) is 3.83. The molecule has 0 aliphatic rings. The molecule has 0 aliphatic carbocycles. The Bertz CT molecular complexity index is 844. The van der Waals surface area contributed by atoms with Crippen LogP contribution < -0.4 is 15.2 Å². The van der Waals surface area contributed by atoms with Gasteiger partial charge in [0.05, 0.1) is 7.11 Å². The van der Waals surface area contributed by atoms with Crippen LogP contribution >= 0.6 is 0 Å². The van der Waals surface area contributed by atoms with Gasteiger partial charge in [0.2, 0.25) is 0 Å². The van der Waals surface area contributed by atoms with Crippen molar-refractivity contribution in [2.75, 3.05) is 7.11 Å². The smallest absolute Gasteiger partial charge is 0.127 e. The van der Waals surface area contributed by atoms with E-state index in [0.29, 0.717) is 13.2 Å². The van der Waals surface area contributed by atoms with Gasteiger partial charge >= 0.3 is 0 Å². The Hall–Kier alpha value is -2.78. The minimum absolute atomic E-state index is 0.425. The molecule has 0 spiro atoms. The first kappa shape index (κ1) is 17.1. The SMILES string of the molecule is COc1ccccc1-c1cc(C)c(OCc2ccccc2)c(CN)c1. The first-order valence-electron chi connectivity index (χ1n) is 8.36. The number of hydrogen-bond donors (Lipinski definition) is 1. The first-order chi connectivity index (χ1) is 12.2. The Morgan fingerprint density at radius 1 is 0.920 bits per heavy atom. The summed E-state index contributed by atoms with van der Waals surface area (Å²) in [6.07, 6.45) is 0. The molecule has 3 rings (SSSR count). The Morgan fingerprint density at radius 3 is 2.36 bits per heavy atom. The fourth-order valence-corrected chi connectivity index (χ4v) is 2.97. The van der Waals surface area contributed by atoms with E-state index in [-0.39, 0.29) is 0 Å². The summed E-state index contributed by atoms with van der Waals surface area (Å²) in [6, 6.07) is 22.3. The molecule has 128 valence electrons. The summed E-state index contributed by atoms with van der Waals surface area (Å²) >= 11 is 0. The van der Waals surface area contributed by atoms with Gasteiger partial charge in [0.15, 0.2) is 0 Å². The van der Waals surface area contributed by atoms with Crippen molar-refractivity contribution in [1.82, 2.24) is 0 Å². The highest BCUT2D eigenvalue weighted by Crippen LogP contribution is 2.35. The fourth-order valence-electron chi connectivity index (χ4n) is 2.97. The van der Waals surface area contributed by atoms with E-state index < -0.39 is 0 Å². The molecule has 0 radical (unpaired) electrons. The molecule has 0 atom stereocenters. The van der Waals surface area contributed by atoms with Crippen LogP contribution in [0.15, 0.2) is 66.7 Å². The highest BCUT2D eigenvalue weighted by atomic mass is 16.5. The molecule has 0 fully saturated rings. The van der Waals surface area contributed by atoms with Gasteiger partial charge in [0.25, 0.3) is 0 Å². The monoisotopic (exact) mass is 333 g/mol. The molecule has 0 saturated heterocycles. The van der Waals surface area contributed by atoms with Crippen LogP contribution in [0.4, 0.5) is 0 Å². The Morgan fingerprint density at radius 2 is 1.64 bits per heavy atom. The Kier molecular flexibility index (Phi) is 5.36. The molecular weight excluding hydrogens is 310 g/mol. The molecule has 2 N–H and O–H groups in total. The normalized spacial score (nSPS) is 10.5. The fraction of sp³-hybridized carbons (Fsp3) is 0.182. The van der Waals surface area contributed by atoms with Crippen molar-refractivity contribution < 1.29 is 9.47 Å². The molecule has 0 bridgehead atoms. The molecule has 0 saturated carbocycles. The van der Waals surface area contributed by atoms with Crippen LogP contribution in [0.1, 0.15) is 16.7 Å². The summed E-state index contributed by atoms with van der Waals surface area (Å²) < 4.78 is 11.6. The van der Waals surface area contributed by atoms with Crippen molar-refractivity contribution in [3.05, 3.63) is 83.4 Å². The quantitative estimate of drug-likeness (QED) is 0.710. The summed E-state index contributed by atoms with van der Waals surface area (Å²) in [4.78, 5) is 0. The van der Waals surface area contributed by atoms with E-state index >= 15 is 0 Å². The molecular formula is C22H23NO2. The minimum atomic E-state index is 0.425. The average molecular weight is 333 g/mol. The van der Waals surface area contributed by atoms with Gasteiger partial charge in [0, 0.05) is 17.7 Å². The summed E-state index contributed by atoms with van der Waals surface area (Å²) in [5.74, 6) is 1.72. The maximum absolute atomic E-state index is 6.08. The van der Waals surface area contributed by atoms with E-state index in [1.54, 1.807) is 7.11 Å². The predicted molar refractivity (Wildman–Crippen MR) is 102 cm³/mol. The number of ether oxygens (including phenoxy) is 2.